The first-order valence-corrected chi connectivity index (χ1v) is 13.6. The number of amides is 2. The lowest BCUT2D eigenvalue weighted by molar-refractivity contribution is -0.123. The van der Waals surface area contributed by atoms with Crippen LogP contribution < -0.4 is 14.2 Å². The molecule has 1 aliphatic rings. The molecule has 2 amide bonds. The first-order valence-electron chi connectivity index (χ1n) is 12.0. The molecular formula is C30H23Cl2NO5S. The lowest BCUT2D eigenvalue weighted by atomic mass is 10.1. The van der Waals surface area contributed by atoms with Gasteiger partial charge < -0.3 is 14.2 Å². The molecule has 39 heavy (non-hydrogen) atoms. The molecule has 0 spiro atoms. The Balaban J connectivity index is 1.23. The van der Waals surface area contributed by atoms with Gasteiger partial charge in [-0.05, 0) is 59.1 Å². The van der Waals surface area contributed by atoms with Gasteiger partial charge in [0.1, 0.15) is 19.0 Å². The fraction of sp³-hybridized carbons (Fsp3) is 0.133. The number of halogens is 2. The van der Waals surface area contributed by atoms with E-state index in [9.17, 15) is 9.59 Å². The van der Waals surface area contributed by atoms with Crippen LogP contribution in [0, 0.1) is 0 Å². The van der Waals surface area contributed by atoms with Gasteiger partial charge in [0.15, 0.2) is 11.5 Å². The zero-order valence-corrected chi connectivity index (χ0v) is 23.2. The number of ether oxygens (including phenoxy) is 3. The molecule has 5 rings (SSSR count). The Bertz CT molecular complexity index is 1580. The molecular weight excluding hydrogens is 557 g/mol. The van der Waals surface area contributed by atoms with Crippen LogP contribution in [0.2, 0.25) is 10.0 Å². The zero-order valence-electron chi connectivity index (χ0n) is 20.9. The minimum Gasteiger partial charge on any atom is -0.493 e. The molecule has 1 saturated heterocycles. The molecule has 1 fully saturated rings. The largest absolute Gasteiger partial charge is 0.493 e. The van der Waals surface area contributed by atoms with E-state index in [1.54, 1.807) is 42.5 Å². The predicted octanol–water partition coefficient (Wildman–Crippen LogP) is 7.85. The molecule has 0 aromatic heterocycles. The number of rotatable bonds is 9. The highest BCUT2D eigenvalue weighted by molar-refractivity contribution is 8.18. The molecule has 0 unspecified atom stereocenters. The number of thioether (sulfide) groups is 1. The molecule has 9 heteroatoms. The average Bonchev–Trinajstić information content (AvgIpc) is 3.20. The number of benzene rings is 4. The summed E-state index contributed by atoms with van der Waals surface area (Å²) in [6, 6.07) is 24.2. The van der Waals surface area contributed by atoms with Crippen molar-refractivity contribution < 1.29 is 23.8 Å². The molecule has 0 atom stereocenters. The van der Waals surface area contributed by atoms with Crippen molar-refractivity contribution in [2.24, 2.45) is 0 Å². The average molecular weight is 580 g/mol. The molecule has 0 radical (unpaired) electrons. The van der Waals surface area contributed by atoms with Gasteiger partial charge >= 0.3 is 0 Å². The van der Waals surface area contributed by atoms with Crippen molar-refractivity contribution in [1.82, 2.24) is 4.90 Å². The van der Waals surface area contributed by atoms with Gasteiger partial charge in [-0.25, -0.2) is 0 Å². The van der Waals surface area contributed by atoms with Crippen molar-refractivity contribution in [3.05, 3.63) is 105 Å². The maximum absolute atomic E-state index is 13.0. The third-order valence-corrected chi connectivity index (χ3v) is 7.57. The van der Waals surface area contributed by atoms with E-state index in [-0.39, 0.29) is 30.9 Å². The number of nitrogens with zero attached hydrogens (tertiary/aromatic N) is 1. The summed E-state index contributed by atoms with van der Waals surface area (Å²) in [6.07, 6.45) is 1.67. The van der Waals surface area contributed by atoms with Crippen LogP contribution in [0.4, 0.5) is 4.79 Å². The molecule has 1 heterocycles. The maximum atomic E-state index is 13.0. The second kappa shape index (κ2) is 12.0. The highest BCUT2D eigenvalue weighted by atomic mass is 35.5. The van der Waals surface area contributed by atoms with E-state index < -0.39 is 0 Å². The van der Waals surface area contributed by atoms with Crippen molar-refractivity contribution in [2.45, 2.75) is 6.61 Å². The van der Waals surface area contributed by atoms with Crippen LogP contribution in [-0.2, 0) is 11.4 Å². The molecule has 0 saturated carbocycles. The van der Waals surface area contributed by atoms with Crippen LogP contribution in [0.5, 0.6) is 17.2 Å². The van der Waals surface area contributed by atoms with Crippen LogP contribution in [0.3, 0.4) is 0 Å². The van der Waals surface area contributed by atoms with Crippen LogP contribution in [0.15, 0.2) is 83.8 Å². The lowest BCUT2D eigenvalue weighted by Crippen LogP contribution is -2.32. The predicted molar refractivity (Wildman–Crippen MR) is 156 cm³/mol. The van der Waals surface area contributed by atoms with Gasteiger partial charge in [0.2, 0.25) is 0 Å². The summed E-state index contributed by atoms with van der Waals surface area (Å²) in [5.74, 6) is 1.35. The maximum Gasteiger partial charge on any atom is 0.293 e. The molecule has 0 N–H and O–H groups in total. The van der Waals surface area contributed by atoms with E-state index in [1.807, 2.05) is 42.5 Å². The van der Waals surface area contributed by atoms with Crippen molar-refractivity contribution in [3.63, 3.8) is 0 Å². The third-order valence-electron chi connectivity index (χ3n) is 6.08. The fourth-order valence-corrected chi connectivity index (χ4v) is 5.43. The summed E-state index contributed by atoms with van der Waals surface area (Å²) < 4.78 is 17.3. The smallest absolute Gasteiger partial charge is 0.293 e. The number of methoxy groups -OCH3 is 1. The van der Waals surface area contributed by atoms with E-state index in [2.05, 4.69) is 0 Å². The quantitative estimate of drug-likeness (QED) is 0.188. The van der Waals surface area contributed by atoms with Crippen LogP contribution in [0.25, 0.3) is 16.8 Å². The monoisotopic (exact) mass is 579 g/mol. The Morgan fingerprint density at radius 3 is 2.51 bits per heavy atom. The van der Waals surface area contributed by atoms with Crippen molar-refractivity contribution in [1.29, 1.82) is 0 Å². The highest BCUT2D eigenvalue weighted by Gasteiger charge is 2.34. The second-order valence-corrected chi connectivity index (χ2v) is 10.4. The van der Waals surface area contributed by atoms with E-state index in [4.69, 9.17) is 37.4 Å². The van der Waals surface area contributed by atoms with Gasteiger partial charge in [0.25, 0.3) is 11.1 Å². The van der Waals surface area contributed by atoms with Crippen molar-refractivity contribution >= 4 is 63.0 Å². The SMILES string of the molecule is COc1cc(/C=C2\SC(=O)N(CCOc3cccc4ccccc34)C2=O)ccc1OCc1ccc(Cl)cc1Cl. The number of hydrogen-bond donors (Lipinski definition) is 0. The first-order chi connectivity index (χ1) is 18.9. The van der Waals surface area contributed by atoms with E-state index >= 15 is 0 Å². The summed E-state index contributed by atoms with van der Waals surface area (Å²) in [5.41, 5.74) is 1.48. The minimum atomic E-state index is -0.358. The lowest BCUT2D eigenvalue weighted by Gasteiger charge is -2.14. The number of carbonyl (C=O) groups is 2. The van der Waals surface area contributed by atoms with Gasteiger partial charge in [-0.15, -0.1) is 0 Å². The number of carbonyl (C=O) groups excluding carboxylic acids is 2. The Hall–Kier alpha value is -3.65. The number of hydrogen-bond acceptors (Lipinski definition) is 6. The summed E-state index contributed by atoms with van der Waals surface area (Å²) in [4.78, 5) is 27.1. The summed E-state index contributed by atoms with van der Waals surface area (Å²) in [7, 11) is 1.53. The first kappa shape index (κ1) is 26.9. The van der Waals surface area contributed by atoms with Crippen LogP contribution >= 0.6 is 35.0 Å². The van der Waals surface area contributed by atoms with Crippen LogP contribution in [0.1, 0.15) is 11.1 Å². The minimum absolute atomic E-state index is 0.147. The topological polar surface area (TPSA) is 65.1 Å². The van der Waals surface area contributed by atoms with Gasteiger partial charge in [0.05, 0.1) is 18.6 Å². The number of imide groups is 1. The normalized spacial score (nSPS) is 14.3. The van der Waals surface area contributed by atoms with Crippen molar-refractivity contribution in [3.8, 4) is 17.2 Å². The van der Waals surface area contributed by atoms with Gasteiger partial charge in [-0.2, -0.15) is 0 Å². The second-order valence-electron chi connectivity index (χ2n) is 8.59. The summed E-state index contributed by atoms with van der Waals surface area (Å²) in [5, 5.41) is 2.76. The molecule has 4 aromatic rings. The number of fused-ring (bicyclic) bond motifs is 1. The Labute approximate surface area is 240 Å². The molecule has 6 nitrogen and oxygen atoms in total. The van der Waals surface area contributed by atoms with Crippen molar-refractivity contribution in [2.75, 3.05) is 20.3 Å². The molecule has 4 aromatic carbocycles. The van der Waals surface area contributed by atoms with Gasteiger partial charge in [-0.1, -0.05) is 71.7 Å². The van der Waals surface area contributed by atoms with Gasteiger partial charge in [0, 0.05) is 21.0 Å². The van der Waals surface area contributed by atoms with Gasteiger partial charge in [-0.3, -0.25) is 14.5 Å². The standard InChI is InChI=1S/C30H23Cl2NO5S/c1-36-27-15-19(9-12-26(27)38-18-21-10-11-22(31)17-24(21)32)16-28-29(34)33(30(35)39-28)13-14-37-25-8-4-6-20-5-2-3-7-23(20)25/h2-12,15-17H,13-14,18H2,1H3/b28-16-. The highest BCUT2D eigenvalue weighted by Crippen LogP contribution is 2.35. The third kappa shape index (κ3) is 6.17. The molecule has 1 aliphatic heterocycles. The molecule has 0 aliphatic carbocycles. The van der Waals surface area contributed by atoms with Crippen LogP contribution in [-0.4, -0.2) is 36.3 Å². The van der Waals surface area contributed by atoms with E-state index in [0.717, 1.165) is 28.1 Å². The van der Waals surface area contributed by atoms with E-state index in [0.29, 0.717) is 37.8 Å². The molecule has 0 bridgehead atoms. The summed E-state index contributed by atoms with van der Waals surface area (Å²) >= 11 is 13.1. The Morgan fingerprint density at radius 2 is 1.69 bits per heavy atom. The Kier molecular flexibility index (Phi) is 8.31. The Morgan fingerprint density at radius 1 is 0.872 bits per heavy atom. The molecule has 198 valence electrons. The zero-order chi connectivity index (χ0) is 27.4. The van der Waals surface area contributed by atoms with E-state index in [1.165, 1.54) is 12.0 Å². The fourth-order valence-electron chi connectivity index (χ4n) is 4.10. The summed E-state index contributed by atoms with van der Waals surface area (Å²) in [6.45, 7) is 0.566.